The average Bonchev–Trinajstić information content (AvgIpc) is 2.35. The summed E-state index contributed by atoms with van der Waals surface area (Å²) in [5.74, 6) is 0.321. The van der Waals surface area contributed by atoms with Crippen LogP contribution in [0.2, 0.25) is 0 Å². The molecule has 1 N–H and O–H groups in total. The molecule has 0 bridgehead atoms. The third-order valence-corrected chi connectivity index (χ3v) is 3.08. The van der Waals surface area contributed by atoms with Gasteiger partial charge in [-0.2, -0.15) is 0 Å². The van der Waals surface area contributed by atoms with Crippen LogP contribution in [0.15, 0.2) is 18.2 Å². The molecule has 0 aromatic heterocycles. The topological polar surface area (TPSA) is 47.6 Å². The Bertz CT molecular complexity index is 477. The minimum absolute atomic E-state index is 0.186. The van der Waals surface area contributed by atoms with E-state index in [1.807, 2.05) is 39.0 Å². The molecule has 1 unspecified atom stereocenters. The van der Waals surface area contributed by atoms with Crippen molar-refractivity contribution in [1.82, 2.24) is 5.32 Å². The Morgan fingerprint density at radius 3 is 2.74 bits per heavy atom. The van der Waals surface area contributed by atoms with Crippen molar-refractivity contribution in [2.75, 3.05) is 13.7 Å². The first-order chi connectivity index (χ1) is 8.90. The summed E-state index contributed by atoms with van der Waals surface area (Å²) in [7, 11) is 1.63. The second-order valence-corrected chi connectivity index (χ2v) is 5.78. The van der Waals surface area contributed by atoms with Gasteiger partial charge in [0.2, 0.25) is 0 Å². The Hall–Kier alpha value is -1.55. The monoisotopic (exact) mass is 263 g/mol. The second-order valence-electron chi connectivity index (χ2n) is 5.78. The van der Waals surface area contributed by atoms with E-state index >= 15 is 0 Å². The van der Waals surface area contributed by atoms with E-state index in [4.69, 9.17) is 9.47 Å². The molecular formula is C15H21NO3. The molecule has 1 heterocycles. The second kappa shape index (κ2) is 5.21. The summed E-state index contributed by atoms with van der Waals surface area (Å²) >= 11 is 0. The van der Waals surface area contributed by atoms with Crippen molar-refractivity contribution >= 4 is 5.97 Å². The van der Waals surface area contributed by atoms with Gasteiger partial charge >= 0.3 is 5.97 Å². The van der Waals surface area contributed by atoms with Crippen molar-refractivity contribution in [1.29, 1.82) is 0 Å². The molecule has 4 nitrogen and oxygen atoms in total. The summed E-state index contributed by atoms with van der Waals surface area (Å²) in [5.41, 5.74) is 1.67. The lowest BCUT2D eigenvalue weighted by Crippen LogP contribution is -2.36. The molecule has 1 atom stereocenters. The van der Waals surface area contributed by atoms with Gasteiger partial charge in [0.25, 0.3) is 0 Å². The van der Waals surface area contributed by atoms with Crippen LogP contribution in [0.25, 0.3) is 0 Å². The van der Waals surface area contributed by atoms with Gasteiger partial charge in [0, 0.05) is 13.1 Å². The lowest BCUT2D eigenvalue weighted by atomic mass is 9.90. The van der Waals surface area contributed by atoms with Crippen LogP contribution in [0, 0.1) is 0 Å². The number of carbonyl (C=O) groups is 1. The molecule has 1 aromatic rings. The van der Waals surface area contributed by atoms with E-state index in [-0.39, 0.29) is 11.9 Å². The predicted molar refractivity (Wildman–Crippen MR) is 73.3 cm³/mol. The van der Waals surface area contributed by atoms with E-state index < -0.39 is 5.60 Å². The molecule has 19 heavy (non-hydrogen) atoms. The first kappa shape index (κ1) is 13.9. The maximum absolute atomic E-state index is 12.3. The number of rotatable bonds is 2. The zero-order chi connectivity index (χ0) is 14.0. The fourth-order valence-corrected chi connectivity index (χ4v) is 2.23. The van der Waals surface area contributed by atoms with E-state index in [1.165, 1.54) is 0 Å². The van der Waals surface area contributed by atoms with Crippen molar-refractivity contribution in [3.63, 3.8) is 0 Å². The van der Waals surface area contributed by atoms with E-state index in [0.717, 1.165) is 23.4 Å². The maximum atomic E-state index is 12.3. The molecule has 0 spiro atoms. The fraction of sp³-hybridized carbons (Fsp3) is 0.533. The first-order valence-corrected chi connectivity index (χ1v) is 6.51. The molecule has 1 aromatic carbocycles. The highest BCUT2D eigenvalue weighted by Gasteiger charge is 2.30. The van der Waals surface area contributed by atoms with Crippen LogP contribution in [0.3, 0.4) is 0 Å². The molecule has 0 fully saturated rings. The van der Waals surface area contributed by atoms with Crippen LogP contribution >= 0.6 is 0 Å². The van der Waals surface area contributed by atoms with Crippen molar-refractivity contribution in [2.45, 2.75) is 38.8 Å². The van der Waals surface area contributed by atoms with Crippen molar-refractivity contribution in [3.05, 3.63) is 29.3 Å². The summed E-state index contributed by atoms with van der Waals surface area (Å²) in [5, 5.41) is 3.25. The number of fused-ring (bicyclic) bond motifs is 1. The summed E-state index contributed by atoms with van der Waals surface area (Å²) in [6, 6.07) is 5.85. The molecule has 2 rings (SSSR count). The molecule has 104 valence electrons. The Kier molecular flexibility index (Phi) is 3.80. The predicted octanol–water partition coefficient (Wildman–Crippen LogP) is 2.22. The molecule has 0 aliphatic carbocycles. The quantitative estimate of drug-likeness (QED) is 0.831. The Morgan fingerprint density at radius 2 is 2.11 bits per heavy atom. The largest absolute Gasteiger partial charge is 0.497 e. The van der Waals surface area contributed by atoms with E-state index in [9.17, 15) is 4.79 Å². The van der Waals surface area contributed by atoms with Gasteiger partial charge in [0.1, 0.15) is 11.4 Å². The summed E-state index contributed by atoms with van der Waals surface area (Å²) in [4.78, 5) is 12.3. The number of benzene rings is 1. The maximum Gasteiger partial charge on any atom is 0.315 e. The van der Waals surface area contributed by atoms with Gasteiger partial charge in [0.05, 0.1) is 13.0 Å². The van der Waals surface area contributed by atoms with Gasteiger partial charge in [-0.3, -0.25) is 4.79 Å². The molecule has 0 saturated carbocycles. The minimum atomic E-state index is -0.465. The molecule has 0 saturated heterocycles. The average molecular weight is 263 g/mol. The van der Waals surface area contributed by atoms with Crippen molar-refractivity contribution < 1.29 is 14.3 Å². The van der Waals surface area contributed by atoms with Gasteiger partial charge < -0.3 is 14.8 Å². The van der Waals surface area contributed by atoms with Crippen LogP contribution in [0.5, 0.6) is 5.75 Å². The van der Waals surface area contributed by atoms with E-state index in [0.29, 0.717) is 6.54 Å². The van der Waals surface area contributed by atoms with Crippen LogP contribution in [-0.4, -0.2) is 25.2 Å². The molecular weight excluding hydrogens is 242 g/mol. The van der Waals surface area contributed by atoms with Crippen LogP contribution in [0.1, 0.15) is 37.8 Å². The highest BCUT2D eigenvalue weighted by Crippen LogP contribution is 2.29. The van der Waals surface area contributed by atoms with E-state index in [2.05, 4.69) is 5.32 Å². The normalized spacial score (nSPS) is 18.6. The highest BCUT2D eigenvalue weighted by atomic mass is 16.6. The van der Waals surface area contributed by atoms with Crippen LogP contribution < -0.4 is 10.1 Å². The molecule has 1 aliphatic rings. The number of hydrogen-bond donors (Lipinski definition) is 1. The number of carbonyl (C=O) groups excluding carboxylic acids is 1. The number of methoxy groups -OCH3 is 1. The lowest BCUT2D eigenvalue weighted by Gasteiger charge is -2.28. The lowest BCUT2D eigenvalue weighted by molar-refractivity contribution is -0.156. The first-order valence-electron chi connectivity index (χ1n) is 6.51. The summed E-state index contributed by atoms with van der Waals surface area (Å²) < 4.78 is 10.7. The SMILES string of the molecule is COc1ccc2c(c1)C(C(=O)OC(C)(C)C)CNC2. The van der Waals surface area contributed by atoms with E-state index in [1.54, 1.807) is 7.11 Å². The zero-order valence-corrected chi connectivity index (χ0v) is 11.9. The van der Waals surface area contributed by atoms with Crippen LogP contribution in [0.4, 0.5) is 0 Å². The molecule has 1 aliphatic heterocycles. The zero-order valence-electron chi connectivity index (χ0n) is 11.9. The molecule has 0 radical (unpaired) electrons. The van der Waals surface area contributed by atoms with Gasteiger partial charge in [-0.15, -0.1) is 0 Å². The number of esters is 1. The summed E-state index contributed by atoms with van der Waals surface area (Å²) in [6.07, 6.45) is 0. The van der Waals surface area contributed by atoms with Crippen molar-refractivity contribution in [3.8, 4) is 5.75 Å². The fourth-order valence-electron chi connectivity index (χ4n) is 2.23. The Morgan fingerprint density at radius 1 is 1.37 bits per heavy atom. The standard InChI is InChI=1S/C15H21NO3/c1-15(2,3)19-14(17)13-9-16-8-10-5-6-11(18-4)7-12(10)13/h5-7,13,16H,8-9H2,1-4H3. The van der Waals surface area contributed by atoms with Gasteiger partial charge in [-0.05, 0) is 44.0 Å². The van der Waals surface area contributed by atoms with Gasteiger partial charge in [0.15, 0.2) is 0 Å². The van der Waals surface area contributed by atoms with Gasteiger partial charge in [-0.25, -0.2) is 0 Å². The minimum Gasteiger partial charge on any atom is -0.497 e. The number of ether oxygens (including phenoxy) is 2. The third-order valence-electron chi connectivity index (χ3n) is 3.08. The number of nitrogens with one attached hydrogen (secondary N) is 1. The summed E-state index contributed by atoms with van der Waals surface area (Å²) in [6.45, 7) is 7.03. The van der Waals surface area contributed by atoms with Gasteiger partial charge in [-0.1, -0.05) is 6.07 Å². The smallest absolute Gasteiger partial charge is 0.315 e. The Balaban J connectivity index is 2.28. The molecule has 0 amide bonds. The van der Waals surface area contributed by atoms with Crippen LogP contribution in [-0.2, 0) is 16.1 Å². The third kappa shape index (κ3) is 3.26. The number of hydrogen-bond acceptors (Lipinski definition) is 4. The highest BCUT2D eigenvalue weighted by molar-refractivity contribution is 5.80. The Labute approximate surface area is 114 Å². The van der Waals surface area contributed by atoms with Crippen molar-refractivity contribution in [2.24, 2.45) is 0 Å². The molecule has 4 heteroatoms.